The molecule has 122 valence electrons. The normalized spacial score (nSPS) is 18.9. The number of halogens is 3. The van der Waals surface area contributed by atoms with Crippen molar-refractivity contribution in [2.24, 2.45) is 0 Å². The molecular formula is C10H15F3N2O5S. The van der Waals surface area contributed by atoms with Gasteiger partial charge in [0, 0.05) is 13.1 Å². The number of hydrogen-bond donors (Lipinski definition) is 1. The number of carboxylic acid groups (broad SMARTS) is 1. The van der Waals surface area contributed by atoms with Gasteiger partial charge < -0.3 is 14.9 Å². The molecule has 1 rings (SSSR count). The molecule has 0 aromatic rings. The number of carbonyl (C=O) groups excluding carboxylic acids is 1. The molecule has 1 saturated heterocycles. The Kier molecular flexibility index (Phi) is 5.42. The van der Waals surface area contributed by atoms with Gasteiger partial charge in [-0.2, -0.15) is 13.2 Å². The highest BCUT2D eigenvalue weighted by atomic mass is 32.2. The molecule has 1 aliphatic rings. The Bertz CT molecular complexity index is 505. The van der Waals surface area contributed by atoms with Crippen LogP contribution in [0.5, 0.6) is 0 Å². The third-order valence-corrected chi connectivity index (χ3v) is 4.51. The number of amides is 2. The molecule has 1 heterocycles. The molecule has 0 unspecified atom stereocenters. The first-order chi connectivity index (χ1) is 9.50. The lowest BCUT2D eigenvalue weighted by Gasteiger charge is -2.29. The second kappa shape index (κ2) is 6.50. The Balaban J connectivity index is 2.81. The number of carbonyl (C=O) groups is 2. The number of carboxylic acids is 1. The van der Waals surface area contributed by atoms with Gasteiger partial charge in [0.15, 0.2) is 9.84 Å². The van der Waals surface area contributed by atoms with Crippen LogP contribution in [-0.2, 0) is 14.6 Å². The van der Waals surface area contributed by atoms with Crippen LogP contribution >= 0.6 is 0 Å². The smallest absolute Gasteiger partial charge is 0.406 e. The topological polar surface area (TPSA) is 95.0 Å². The quantitative estimate of drug-likeness (QED) is 0.795. The van der Waals surface area contributed by atoms with Gasteiger partial charge >= 0.3 is 18.2 Å². The lowest BCUT2D eigenvalue weighted by molar-refractivity contribution is -0.149. The average molecular weight is 332 g/mol. The number of sulfone groups is 1. The number of urea groups is 1. The third kappa shape index (κ3) is 6.19. The van der Waals surface area contributed by atoms with Gasteiger partial charge in [-0.15, -0.1) is 0 Å². The number of nitrogens with zero attached hydrogens (tertiary/aromatic N) is 2. The van der Waals surface area contributed by atoms with Gasteiger partial charge in [0.1, 0.15) is 13.1 Å². The first-order valence-electron chi connectivity index (χ1n) is 6.03. The predicted octanol–water partition coefficient (Wildman–Crippen LogP) is 0.176. The van der Waals surface area contributed by atoms with Gasteiger partial charge in [-0.25, -0.2) is 13.2 Å². The third-order valence-electron chi connectivity index (χ3n) is 2.79. The summed E-state index contributed by atoms with van der Waals surface area (Å²) >= 11 is 0. The van der Waals surface area contributed by atoms with Crippen molar-refractivity contribution in [2.75, 3.05) is 37.7 Å². The van der Waals surface area contributed by atoms with Gasteiger partial charge in [-0.05, 0) is 6.42 Å². The Morgan fingerprint density at radius 3 is 2.33 bits per heavy atom. The highest BCUT2D eigenvalue weighted by Gasteiger charge is 2.36. The van der Waals surface area contributed by atoms with Gasteiger partial charge in [0.2, 0.25) is 0 Å². The Morgan fingerprint density at radius 2 is 1.81 bits per heavy atom. The maximum atomic E-state index is 12.4. The van der Waals surface area contributed by atoms with E-state index >= 15 is 0 Å². The molecule has 0 radical (unpaired) electrons. The van der Waals surface area contributed by atoms with Crippen LogP contribution in [0.3, 0.4) is 0 Å². The molecule has 7 nitrogen and oxygen atoms in total. The van der Waals surface area contributed by atoms with Crippen LogP contribution in [0.15, 0.2) is 0 Å². The molecule has 21 heavy (non-hydrogen) atoms. The van der Waals surface area contributed by atoms with Crippen LogP contribution in [0.1, 0.15) is 6.42 Å². The number of rotatable bonds is 3. The summed E-state index contributed by atoms with van der Waals surface area (Å²) in [6.07, 6.45) is -4.62. The standard InChI is InChI=1S/C10H15F3N2O5S/c11-10(12,13)7-15(6-8(16)17)9(18)14-2-1-4-21(19,20)5-3-14/h1-7H2,(H,16,17). The largest absolute Gasteiger partial charge is 0.480 e. The van der Waals surface area contributed by atoms with E-state index in [0.29, 0.717) is 0 Å². The van der Waals surface area contributed by atoms with Crippen LogP contribution < -0.4 is 0 Å². The molecular weight excluding hydrogens is 317 g/mol. The van der Waals surface area contributed by atoms with E-state index in [1.165, 1.54) is 0 Å². The van der Waals surface area contributed by atoms with Crippen molar-refractivity contribution in [3.8, 4) is 0 Å². The molecule has 0 saturated carbocycles. The number of hydrogen-bond acceptors (Lipinski definition) is 4. The van der Waals surface area contributed by atoms with E-state index in [0.717, 1.165) is 4.90 Å². The van der Waals surface area contributed by atoms with E-state index in [4.69, 9.17) is 5.11 Å². The number of alkyl halides is 3. The zero-order chi connectivity index (χ0) is 16.3. The van der Waals surface area contributed by atoms with E-state index < -0.39 is 41.1 Å². The first-order valence-corrected chi connectivity index (χ1v) is 7.85. The zero-order valence-electron chi connectivity index (χ0n) is 11.0. The molecule has 0 aromatic heterocycles. The lowest BCUT2D eigenvalue weighted by Crippen LogP contribution is -2.49. The van der Waals surface area contributed by atoms with Crippen molar-refractivity contribution in [2.45, 2.75) is 12.6 Å². The van der Waals surface area contributed by atoms with Crippen LogP contribution in [0.2, 0.25) is 0 Å². The molecule has 0 aromatic carbocycles. The summed E-state index contributed by atoms with van der Waals surface area (Å²) in [4.78, 5) is 23.6. The SMILES string of the molecule is O=C(O)CN(CC(F)(F)F)C(=O)N1CCCS(=O)(=O)CC1. The van der Waals surface area contributed by atoms with E-state index in [1.54, 1.807) is 0 Å². The van der Waals surface area contributed by atoms with E-state index in [9.17, 15) is 31.2 Å². The minimum Gasteiger partial charge on any atom is -0.480 e. The number of aliphatic carboxylic acids is 1. The fourth-order valence-electron chi connectivity index (χ4n) is 1.90. The van der Waals surface area contributed by atoms with Crippen molar-refractivity contribution in [1.82, 2.24) is 9.80 Å². The average Bonchev–Trinajstić information content (AvgIpc) is 2.46. The van der Waals surface area contributed by atoms with Crippen LogP contribution in [0, 0.1) is 0 Å². The molecule has 1 fully saturated rings. The Morgan fingerprint density at radius 1 is 1.19 bits per heavy atom. The summed E-state index contributed by atoms with van der Waals surface area (Å²) in [5.74, 6) is -2.06. The van der Waals surface area contributed by atoms with Crippen molar-refractivity contribution < 1.29 is 36.3 Å². The van der Waals surface area contributed by atoms with Gasteiger partial charge in [0.25, 0.3) is 0 Å². The summed E-state index contributed by atoms with van der Waals surface area (Å²) < 4.78 is 59.9. The van der Waals surface area contributed by atoms with E-state index in [2.05, 4.69) is 0 Å². The highest BCUT2D eigenvalue weighted by Crippen LogP contribution is 2.18. The van der Waals surface area contributed by atoms with Crippen molar-refractivity contribution >= 4 is 21.8 Å². The minimum atomic E-state index is -4.73. The maximum absolute atomic E-state index is 12.4. The van der Waals surface area contributed by atoms with Crippen LogP contribution in [-0.4, -0.2) is 79.2 Å². The van der Waals surface area contributed by atoms with Crippen LogP contribution in [0.25, 0.3) is 0 Å². The van der Waals surface area contributed by atoms with Crippen molar-refractivity contribution in [3.63, 3.8) is 0 Å². The lowest BCUT2D eigenvalue weighted by atomic mass is 10.4. The van der Waals surface area contributed by atoms with Gasteiger partial charge in [0.05, 0.1) is 11.5 Å². The minimum absolute atomic E-state index is 0.0218. The molecule has 0 spiro atoms. The van der Waals surface area contributed by atoms with Crippen LogP contribution in [0.4, 0.5) is 18.0 Å². The Labute approximate surface area is 119 Å². The molecule has 0 aliphatic carbocycles. The summed E-state index contributed by atoms with van der Waals surface area (Å²) in [6, 6.07) is -1.12. The van der Waals surface area contributed by atoms with Gasteiger partial charge in [-0.1, -0.05) is 0 Å². The van der Waals surface area contributed by atoms with Gasteiger partial charge in [-0.3, -0.25) is 4.79 Å². The summed E-state index contributed by atoms with van der Waals surface area (Å²) in [5, 5.41) is 8.59. The highest BCUT2D eigenvalue weighted by molar-refractivity contribution is 7.91. The molecule has 0 bridgehead atoms. The Hall–Kier alpha value is -1.52. The fourth-order valence-corrected chi connectivity index (χ4v) is 3.17. The molecule has 0 atom stereocenters. The van der Waals surface area contributed by atoms with Crippen molar-refractivity contribution in [1.29, 1.82) is 0 Å². The first kappa shape index (κ1) is 17.5. The molecule has 1 aliphatic heterocycles. The molecule has 11 heteroatoms. The molecule has 2 amide bonds. The fraction of sp³-hybridized carbons (Fsp3) is 0.800. The second-order valence-electron chi connectivity index (χ2n) is 4.64. The zero-order valence-corrected chi connectivity index (χ0v) is 11.8. The monoisotopic (exact) mass is 332 g/mol. The predicted molar refractivity (Wildman–Crippen MR) is 65.5 cm³/mol. The van der Waals surface area contributed by atoms with Crippen molar-refractivity contribution in [3.05, 3.63) is 0 Å². The summed E-state index contributed by atoms with van der Waals surface area (Å²) in [5.41, 5.74) is 0. The summed E-state index contributed by atoms with van der Waals surface area (Å²) in [6.45, 7) is -3.05. The maximum Gasteiger partial charge on any atom is 0.406 e. The summed E-state index contributed by atoms with van der Waals surface area (Å²) in [7, 11) is -3.32. The molecule has 1 N–H and O–H groups in total. The van der Waals surface area contributed by atoms with E-state index in [1.807, 2.05) is 0 Å². The second-order valence-corrected chi connectivity index (χ2v) is 6.94. The van der Waals surface area contributed by atoms with E-state index in [-0.39, 0.29) is 35.9 Å².